The van der Waals surface area contributed by atoms with Gasteiger partial charge in [0.05, 0.1) is 7.11 Å². The summed E-state index contributed by atoms with van der Waals surface area (Å²) >= 11 is 0. The molecule has 0 aliphatic heterocycles. The highest BCUT2D eigenvalue weighted by Gasteiger charge is 2.28. The number of nitrogens with zero attached hydrogens (tertiary/aromatic N) is 1. The van der Waals surface area contributed by atoms with Crippen molar-refractivity contribution in [2.24, 2.45) is 5.73 Å². The first kappa shape index (κ1) is 15.3. The van der Waals surface area contributed by atoms with Gasteiger partial charge in [0.2, 0.25) is 0 Å². The number of ether oxygens (including phenoxy) is 1. The van der Waals surface area contributed by atoms with Gasteiger partial charge in [0.15, 0.2) is 0 Å². The summed E-state index contributed by atoms with van der Waals surface area (Å²) in [5, 5.41) is 9.25. The lowest BCUT2D eigenvalue weighted by atomic mass is 10.0. The molecule has 1 rings (SSSR count). The Morgan fingerprint density at radius 1 is 1.47 bits per heavy atom. The van der Waals surface area contributed by atoms with Crippen LogP contribution in [-0.2, 0) is 0 Å². The van der Waals surface area contributed by atoms with E-state index >= 15 is 0 Å². The van der Waals surface area contributed by atoms with E-state index in [4.69, 9.17) is 10.5 Å². The highest BCUT2D eigenvalue weighted by atomic mass is 16.5. The third-order valence-electron chi connectivity index (χ3n) is 2.94. The standard InChI is InChI=1S/C14H22N2O3/c1-14(2,3)16(13(17)18)9-12(15)10-6-5-7-11(8-10)19-4/h5-8,12H,9,15H2,1-4H3,(H,17,18). The van der Waals surface area contributed by atoms with Crippen LogP contribution in [-0.4, -0.2) is 35.3 Å². The highest BCUT2D eigenvalue weighted by Crippen LogP contribution is 2.21. The topological polar surface area (TPSA) is 75.8 Å². The van der Waals surface area contributed by atoms with Crippen molar-refractivity contribution in [1.82, 2.24) is 4.90 Å². The predicted molar refractivity (Wildman–Crippen MR) is 74.4 cm³/mol. The summed E-state index contributed by atoms with van der Waals surface area (Å²) < 4.78 is 5.14. The van der Waals surface area contributed by atoms with Crippen molar-refractivity contribution in [2.75, 3.05) is 13.7 Å². The number of nitrogens with two attached hydrogens (primary N) is 1. The fraction of sp³-hybridized carbons (Fsp3) is 0.500. The summed E-state index contributed by atoms with van der Waals surface area (Å²) in [5.74, 6) is 0.714. The number of carboxylic acid groups (broad SMARTS) is 1. The monoisotopic (exact) mass is 266 g/mol. The van der Waals surface area contributed by atoms with E-state index in [-0.39, 0.29) is 12.6 Å². The molecule has 0 fully saturated rings. The van der Waals surface area contributed by atoms with E-state index in [0.717, 1.165) is 5.56 Å². The molecule has 0 saturated heterocycles. The first-order valence-electron chi connectivity index (χ1n) is 6.16. The lowest BCUT2D eigenvalue weighted by Gasteiger charge is -2.35. The smallest absolute Gasteiger partial charge is 0.407 e. The van der Waals surface area contributed by atoms with E-state index < -0.39 is 11.6 Å². The van der Waals surface area contributed by atoms with Gasteiger partial charge in [-0.05, 0) is 38.5 Å². The van der Waals surface area contributed by atoms with Gasteiger partial charge in [0, 0.05) is 18.1 Å². The molecule has 3 N–H and O–H groups in total. The lowest BCUT2D eigenvalue weighted by Crippen LogP contribution is -2.48. The van der Waals surface area contributed by atoms with Crippen LogP contribution in [0.1, 0.15) is 32.4 Å². The van der Waals surface area contributed by atoms with E-state index in [1.54, 1.807) is 7.11 Å². The van der Waals surface area contributed by atoms with Crippen molar-refractivity contribution in [1.29, 1.82) is 0 Å². The number of amides is 1. The van der Waals surface area contributed by atoms with Gasteiger partial charge in [0.1, 0.15) is 5.75 Å². The van der Waals surface area contributed by atoms with Crippen molar-refractivity contribution in [3.05, 3.63) is 29.8 Å². The molecule has 19 heavy (non-hydrogen) atoms. The summed E-state index contributed by atoms with van der Waals surface area (Å²) in [6.07, 6.45) is -0.967. The minimum atomic E-state index is -0.967. The van der Waals surface area contributed by atoms with Gasteiger partial charge in [-0.3, -0.25) is 0 Å². The molecule has 1 aromatic carbocycles. The molecule has 0 aliphatic rings. The fourth-order valence-electron chi connectivity index (χ4n) is 1.81. The number of benzene rings is 1. The summed E-state index contributed by atoms with van der Waals surface area (Å²) in [7, 11) is 1.59. The van der Waals surface area contributed by atoms with Gasteiger partial charge in [-0.2, -0.15) is 0 Å². The van der Waals surface area contributed by atoms with E-state index in [0.29, 0.717) is 5.75 Å². The van der Waals surface area contributed by atoms with E-state index in [2.05, 4.69) is 0 Å². The predicted octanol–water partition coefficient (Wildman–Crippen LogP) is 2.47. The number of carbonyl (C=O) groups is 1. The highest BCUT2D eigenvalue weighted by molar-refractivity contribution is 5.66. The maximum Gasteiger partial charge on any atom is 0.407 e. The van der Waals surface area contributed by atoms with Crippen molar-refractivity contribution in [2.45, 2.75) is 32.4 Å². The van der Waals surface area contributed by atoms with Crippen molar-refractivity contribution >= 4 is 6.09 Å². The Bertz CT molecular complexity index is 441. The molecule has 1 atom stereocenters. The SMILES string of the molecule is COc1cccc(C(N)CN(C(=O)O)C(C)(C)C)c1. The third-order valence-corrected chi connectivity index (χ3v) is 2.94. The van der Waals surface area contributed by atoms with Gasteiger partial charge >= 0.3 is 6.09 Å². The molecular weight excluding hydrogens is 244 g/mol. The number of methoxy groups -OCH3 is 1. The maximum atomic E-state index is 11.3. The lowest BCUT2D eigenvalue weighted by molar-refractivity contribution is 0.0960. The minimum absolute atomic E-state index is 0.242. The molecule has 5 nitrogen and oxygen atoms in total. The van der Waals surface area contributed by atoms with Crippen LogP contribution in [0.4, 0.5) is 4.79 Å². The van der Waals surface area contributed by atoms with Crippen LogP contribution in [0, 0.1) is 0 Å². The van der Waals surface area contributed by atoms with Crippen LogP contribution in [0.2, 0.25) is 0 Å². The zero-order chi connectivity index (χ0) is 14.6. The van der Waals surface area contributed by atoms with Gasteiger partial charge < -0.3 is 20.5 Å². The van der Waals surface area contributed by atoms with Crippen LogP contribution in [0.15, 0.2) is 24.3 Å². The van der Waals surface area contributed by atoms with E-state index in [9.17, 15) is 9.90 Å². The second-order valence-corrected chi connectivity index (χ2v) is 5.45. The molecule has 0 aromatic heterocycles. The fourth-order valence-corrected chi connectivity index (χ4v) is 1.81. The Morgan fingerprint density at radius 2 is 2.11 bits per heavy atom. The normalized spacial score (nSPS) is 12.9. The third kappa shape index (κ3) is 4.13. The zero-order valence-electron chi connectivity index (χ0n) is 11.9. The van der Waals surface area contributed by atoms with Crippen molar-refractivity contribution in [3.63, 3.8) is 0 Å². The first-order valence-corrected chi connectivity index (χ1v) is 6.16. The van der Waals surface area contributed by atoms with Gasteiger partial charge in [-0.15, -0.1) is 0 Å². The molecule has 0 heterocycles. The summed E-state index contributed by atoms with van der Waals surface area (Å²) in [6.45, 7) is 5.78. The molecule has 1 unspecified atom stereocenters. The summed E-state index contributed by atoms with van der Waals surface area (Å²) in [4.78, 5) is 12.6. The quantitative estimate of drug-likeness (QED) is 0.877. The van der Waals surface area contributed by atoms with Crippen LogP contribution in [0.5, 0.6) is 5.75 Å². The molecule has 0 radical (unpaired) electrons. The van der Waals surface area contributed by atoms with E-state index in [1.165, 1.54) is 4.90 Å². The Labute approximate surface area is 114 Å². The maximum absolute atomic E-state index is 11.3. The Hall–Kier alpha value is -1.75. The van der Waals surface area contributed by atoms with Crippen LogP contribution in [0.25, 0.3) is 0 Å². The second kappa shape index (κ2) is 5.93. The molecule has 0 spiro atoms. The zero-order valence-corrected chi connectivity index (χ0v) is 11.9. The molecule has 5 heteroatoms. The summed E-state index contributed by atoms with van der Waals surface area (Å²) in [6, 6.07) is 6.99. The van der Waals surface area contributed by atoms with Crippen LogP contribution < -0.4 is 10.5 Å². The molecule has 106 valence electrons. The van der Waals surface area contributed by atoms with Crippen LogP contribution in [0.3, 0.4) is 0 Å². The molecule has 0 bridgehead atoms. The van der Waals surface area contributed by atoms with Crippen LogP contribution >= 0.6 is 0 Å². The summed E-state index contributed by atoms with van der Waals surface area (Å²) in [5.41, 5.74) is 6.47. The Morgan fingerprint density at radius 3 is 2.58 bits per heavy atom. The van der Waals surface area contributed by atoms with Crippen molar-refractivity contribution in [3.8, 4) is 5.75 Å². The van der Waals surface area contributed by atoms with Gasteiger partial charge in [-0.25, -0.2) is 4.79 Å². The molecule has 0 aliphatic carbocycles. The molecule has 0 saturated carbocycles. The first-order chi connectivity index (χ1) is 8.75. The average molecular weight is 266 g/mol. The Balaban J connectivity index is 2.87. The van der Waals surface area contributed by atoms with Crippen molar-refractivity contribution < 1.29 is 14.6 Å². The second-order valence-electron chi connectivity index (χ2n) is 5.45. The number of rotatable bonds is 4. The average Bonchev–Trinajstić information content (AvgIpc) is 2.33. The van der Waals surface area contributed by atoms with E-state index in [1.807, 2.05) is 45.0 Å². The van der Waals surface area contributed by atoms with Gasteiger partial charge in [-0.1, -0.05) is 12.1 Å². The largest absolute Gasteiger partial charge is 0.497 e. The molecular formula is C14H22N2O3. The minimum Gasteiger partial charge on any atom is -0.497 e. The Kier molecular flexibility index (Phi) is 4.78. The number of hydrogen-bond acceptors (Lipinski definition) is 3. The molecule has 1 aromatic rings. The number of hydrogen-bond donors (Lipinski definition) is 2. The van der Waals surface area contributed by atoms with Gasteiger partial charge in [0.25, 0.3) is 0 Å². The molecule has 1 amide bonds.